The van der Waals surface area contributed by atoms with Gasteiger partial charge >= 0.3 is 5.97 Å². The van der Waals surface area contributed by atoms with Crippen LogP contribution < -0.4 is 9.84 Å². The summed E-state index contributed by atoms with van der Waals surface area (Å²) >= 11 is 0. The summed E-state index contributed by atoms with van der Waals surface area (Å²) in [5, 5.41) is 12.1. The fraction of sp³-hybridized carbons (Fsp3) is 0.286. The predicted octanol–water partition coefficient (Wildman–Crippen LogP) is 2.03. The van der Waals surface area contributed by atoms with Gasteiger partial charge in [-0.15, -0.1) is 0 Å². The molecular formula is C21H17O5-. The first-order valence-electron chi connectivity index (χ1n) is 8.55. The normalized spacial score (nSPS) is 28.5. The van der Waals surface area contributed by atoms with E-state index < -0.39 is 28.7 Å². The number of carboxylic acids is 1. The maximum Gasteiger partial charge on any atom is 0.324 e. The average Bonchev–Trinajstić information content (AvgIpc) is 3.29. The van der Waals surface area contributed by atoms with Crippen molar-refractivity contribution in [3.63, 3.8) is 0 Å². The van der Waals surface area contributed by atoms with Crippen molar-refractivity contribution in [1.82, 2.24) is 0 Å². The number of fused-ring (bicyclic) bond motifs is 3. The fourth-order valence-corrected chi connectivity index (χ4v) is 4.62. The molecule has 2 aromatic carbocycles. The summed E-state index contributed by atoms with van der Waals surface area (Å²) in [5.74, 6) is -3.29. The number of rotatable bonds is 4. The molecule has 0 radical (unpaired) electrons. The second kappa shape index (κ2) is 5.27. The number of para-hydroxylation sites is 1. The molecule has 5 nitrogen and oxygen atoms in total. The van der Waals surface area contributed by atoms with Crippen molar-refractivity contribution < 1.29 is 24.2 Å². The van der Waals surface area contributed by atoms with E-state index in [0.717, 1.165) is 5.56 Å². The highest BCUT2D eigenvalue weighted by Crippen LogP contribution is 2.79. The van der Waals surface area contributed by atoms with Crippen LogP contribution in [0.25, 0.3) is 0 Å². The van der Waals surface area contributed by atoms with Crippen LogP contribution in [0, 0.1) is 17.8 Å². The molecule has 2 aliphatic rings. The average molecular weight is 349 g/mol. The largest absolute Gasteiger partial charge is 0.549 e. The Balaban J connectivity index is 1.93. The zero-order valence-corrected chi connectivity index (χ0v) is 14.4. The van der Waals surface area contributed by atoms with Crippen LogP contribution in [0.15, 0.2) is 48.5 Å². The van der Waals surface area contributed by atoms with Gasteiger partial charge in [0.1, 0.15) is 11.2 Å². The van der Waals surface area contributed by atoms with Crippen molar-refractivity contribution in [2.45, 2.75) is 26.2 Å². The zero-order valence-electron chi connectivity index (χ0n) is 14.4. The van der Waals surface area contributed by atoms with Gasteiger partial charge in [-0.05, 0) is 19.4 Å². The molecule has 0 unspecified atom stereocenters. The topological polar surface area (TPSA) is 83.5 Å². The monoisotopic (exact) mass is 349 g/mol. The smallest absolute Gasteiger partial charge is 0.324 e. The maximum absolute atomic E-state index is 13.4. The van der Waals surface area contributed by atoms with E-state index in [0.29, 0.717) is 16.9 Å². The molecule has 0 aromatic heterocycles. The van der Waals surface area contributed by atoms with Crippen LogP contribution in [-0.2, 0) is 9.59 Å². The number of esters is 1. The molecule has 2 aromatic rings. The lowest BCUT2D eigenvalue weighted by Crippen LogP contribution is -2.47. The fourth-order valence-electron chi connectivity index (χ4n) is 4.62. The number of carbonyl (C=O) groups excluding carboxylic acids is 3. The molecule has 1 aliphatic carbocycles. The highest BCUT2D eigenvalue weighted by Gasteiger charge is 2.86. The van der Waals surface area contributed by atoms with Crippen molar-refractivity contribution in [2.24, 2.45) is 10.8 Å². The summed E-state index contributed by atoms with van der Waals surface area (Å²) in [6.45, 7) is 3.63. The Hall–Kier alpha value is -2.95. The van der Waals surface area contributed by atoms with E-state index in [9.17, 15) is 19.5 Å². The molecular weight excluding hydrogens is 332 g/mol. The highest BCUT2D eigenvalue weighted by atomic mass is 16.5. The first-order valence-corrected chi connectivity index (χ1v) is 8.55. The van der Waals surface area contributed by atoms with Crippen LogP contribution in [0.2, 0.25) is 0 Å². The molecule has 0 bridgehead atoms. The number of ether oxygens (including phenoxy) is 1. The molecule has 3 atom stereocenters. The predicted molar refractivity (Wildman–Crippen MR) is 90.5 cm³/mol. The quantitative estimate of drug-likeness (QED) is 0.365. The van der Waals surface area contributed by atoms with Crippen molar-refractivity contribution in [2.75, 3.05) is 0 Å². The lowest BCUT2D eigenvalue weighted by Gasteiger charge is -2.25. The molecule has 1 aliphatic heterocycles. The third kappa shape index (κ3) is 1.72. The van der Waals surface area contributed by atoms with Gasteiger partial charge in [-0.1, -0.05) is 55.0 Å². The minimum absolute atomic E-state index is 0.196. The molecule has 1 heterocycles. The summed E-state index contributed by atoms with van der Waals surface area (Å²) < 4.78 is 5.30. The number of ketones is 1. The lowest BCUT2D eigenvalue weighted by molar-refractivity contribution is -0.314. The summed E-state index contributed by atoms with van der Waals surface area (Å²) in [4.78, 5) is 38.3. The zero-order chi connectivity index (χ0) is 18.7. The van der Waals surface area contributed by atoms with Gasteiger partial charge in [-0.2, -0.15) is 0 Å². The van der Waals surface area contributed by atoms with Crippen LogP contribution in [0.4, 0.5) is 0 Å². The van der Waals surface area contributed by atoms with Gasteiger partial charge in [0.15, 0.2) is 5.78 Å². The number of carboxylic acid groups (broad SMARTS) is 1. The number of hydrogen-bond acceptors (Lipinski definition) is 5. The Bertz CT molecular complexity index is 945. The lowest BCUT2D eigenvalue weighted by atomic mass is 9.83. The van der Waals surface area contributed by atoms with Crippen LogP contribution in [0.1, 0.15) is 40.7 Å². The molecule has 0 saturated heterocycles. The number of benzene rings is 2. The summed E-state index contributed by atoms with van der Waals surface area (Å²) in [6.07, 6.45) is 0.196. The number of aryl methyl sites for hydroxylation is 1. The van der Waals surface area contributed by atoms with Crippen molar-refractivity contribution in [1.29, 1.82) is 0 Å². The molecule has 26 heavy (non-hydrogen) atoms. The van der Waals surface area contributed by atoms with Crippen molar-refractivity contribution in [3.05, 3.63) is 65.2 Å². The molecule has 132 valence electrons. The van der Waals surface area contributed by atoms with Gasteiger partial charge < -0.3 is 14.6 Å². The molecule has 4 rings (SSSR count). The standard InChI is InChI=1S/C21H18O5/c1-3-20(17(22)13-10-8-12(2)9-11-13)16-14-6-4-5-7-15(14)26-19(25)21(16,20)18(23)24/h4-11,16H,3H2,1-2H3,(H,23,24)/p-1/t16-,20+,21-/m1/s1. The van der Waals surface area contributed by atoms with Crippen molar-refractivity contribution >= 4 is 17.7 Å². The van der Waals surface area contributed by atoms with Crippen LogP contribution in [0.3, 0.4) is 0 Å². The van der Waals surface area contributed by atoms with E-state index in [2.05, 4.69) is 0 Å². The Morgan fingerprint density at radius 1 is 1.12 bits per heavy atom. The first kappa shape index (κ1) is 16.5. The van der Waals surface area contributed by atoms with E-state index in [1.807, 2.05) is 6.92 Å². The Labute approximate surface area is 150 Å². The van der Waals surface area contributed by atoms with Crippen LogP contribution in [0.5, 0.6) is 5.75 Å². The molecule has 0 N–H and O–H groups in total. The summed E-state index contributed by atoms with van der Waals surface area (Å²) in [7, 11) is 0. The van der Waals surface area contributed by atoms with Gasteiger partial charge in [0.25, 0.3) is 0 Å². The Kier molecular flexibility index (Phi) is 3.35. The van der Waals surface area contributed by atoms with Crippen LogP contribution in [-0.4, -0.2) is 17.7 Å². The third-order valence-corrected chi connectivity index (χ3v) is 5.90. The third-order valence-electron chi connectivity index (χ3n) is 5.90. The van der Waals surface area contributed by atoms with E-state index in [1.165, 1.54) is 0 Å². The molecule has 5 heteroatoms. The van der Waals surface area contributed by atoms with Gasteiger partial charge in [0.2, 0.25) is 0 Å². The minimum Gasteiger partial charge on any atom is -0.549 e. The molecule has 1 fully saturated rings. The molecule has 1 saturated carbocycles. The van der Waals surface area contributed by atoms with Crippen LogP contribution >= 0.6 is 0 Å². The van der Waals surface area contributed by atoms with E-state index in [-0.39, 0.29) is 12.2 Å². The van der Waals surface area contributed by atoms with Gasteiger partial charge in [0, 0.05) is 17.0 Å². The second-order valence-electron chi connectivity index (χ2n) is 6.98. The SMILES string of the molecule is CC[C@@]1(C(=O)c2ccc(C)cc2)[C@H]2c3ccccc3OC(=O)[C@]21C(=O)[O-]. The van der Waals surface area contributed by atoms with E-state index >= 15 is 0 Å². The number of carbonyl (C=O) groups is 3. The van der Waals surface area contributed by atoms with Gasteiger partial charge in [-0.3, -0.25) is 9.59 Å². The second-order valence-corrected chi connectivity index (χ2v) is 6.98. The number of aliphatic carboxylic acids is 1. The van der Waals surface area contributed by atoms with Gasteiger partial charge in [-0.25, -0.2) is 0 Å². The van der Waals surface area contributed by atoms with E-state index in [4.69, 9.17) is 4.74 Å². The summed E-state index contributed by atoms with van der Waals surface area (Å²) in [5.41, 5.74) is -1.43. The number of hydrogen-bond donors (Lipinski definition) is 0. The minimum atomic E-state index is -1.97. The molecule has 0 spiro atoms. The van der Waals surface area contributed by atoms with Crippen molar-refractivity contribution in [3.8, 4) is 5.75 Å². The first-order chi connectivity index (χ1) is 12.4. The Morgan fingerprint density at radius 3 is 2.38 bits per heavy atom. The molecule has 0 amide bonds. The number of Topliss-reactive ketones (excluding diaryl/α,β-unsaturated/α-hetero) is 1. The summed E-state index contributed by atoms with van der Waals surface area (Å²) in [6, 6.07) is 13.7. The van der Waals surface area contributed by atoms with E-state index in [1.54, 1.807) is 55.5 Å². The highest BCUT2D eigenvalue weighted by molar-refractivity contribution is 6.19. The maximum atomic E-state index is 13.4. The Morgan fingerprint density at radius 2 is 1.77 bits per heavy atom. The van der Waals surface area contributed by atoms with Gasteiger partial charge in [0.05, 0.1) is 11.4 Å².